The third-order valence-electron chi connectivity index (χ3n) is 3.80. The number of carbonyl (C=O) groups excluding carboxylic acids is 2. The zero-order valence-corrected chi connectivity index (χ0v) is 16.7. The summed E-state index contributed by atoms with van der Waals surface area (Å²) in [6, 6.07) is 13.8. The maximum Gasteiger partial charge on any atom is 0.338 e. The van der Waals surface area contributed by atoms with E-state index >= 15 is 0 Å². The number of para-hydroxylation sites is 1. The minimum absolute atomic E-state index is 0.0133. The molecule has 28 heavy (non-hydrogen) atoms. The van der Waals surface area contributed by atoms with Crippen LogP contribution in [0.1, 0.15) is 30.6 Å². The quantitative estimate of drug-likeness (QED) is 0.626. The molecule has 0 radical (unpaired) electrons. The maximum atomic E-state index is 12.4. The van der Waals surface area contributed by atoms with Gasteiger partial charge in [-0.1, -0.05) is 32.0 Å². The second-order valence-electron chi connectivity index (χ2n) is 6.60. The van der Waals surface area contributed by atoms with Crippen molar-refractivity contribution >= 4 is 27.6 Å². The first-order chi connectivity index (χ1) is 13.3. The molecule has 0 atom stereocenters. The molecule has 0 aliphatic carbocycles. The van der Waals surface area contributed by atoms with Crippen molar-refractivity contribution in [3.8, 4) is 0 Å². The first-order valence-electron chi connectivity index (χ1n) is 8.89. The number of hydrogen-bond donors (Lipinski definition) is 2. The van der Waals surface area contributed by atoms with Crippen LogP contribution in [0.5, 0.6) is 0 Å². The zero-order valence-electron chi connectivity index (χ0n) is 15.8. The predicted octanol–water partition coefficient (Wildman–Crippen LogP) is 2.81. The van der Waals surface area contributed by atoms with Crippen molar-refractivity contribution < 1.29 is 22.7 Å². The van der Waals surface area contributed by atoms with Gasteiger partial charge in [-0.2, -0.15) is 0 Å². The molecule has 0 unspecified atom stereocenters. The molecule has 2 aromatic carbocycles. The average molecular weight is 404 g/mol. The zero-order chi connectivity index (χ0) is 20.6. The van der Waals surface area contributed by atoms with E-state index in [4.69, 9.17) is 4.74 Å². The molecule has 0 bridgehead atoms. The number of sulfonamides is 1. The van der Waals surface area contributed by atoms with Gasteiger partial charge in [0.05, 0.1) is 10.5 Å². The molecule has 0 saturated heterocycles. The number of rotatable bonds is 9. The summed E-state index contributed by atoms with van der Waals surface area (Å²) in [6.45, 7) is 4.23. The second-order valence-corrected chi connectivity index (χ2v) is 8.29. The second kappa shape index (κ2) is 9.89. The summed E-state index contributed by atoms with van der Waals surface area (Å²) in [5.41, 5.74) is 0.600. The monoisotopic (exact) mass is 404 g/mol. The molecule has 0 fully saturated rings. The number of esters is 1. The average Bonchev–Trinajstić information content (AvgIpc) is 2.66. The summed E-state index contributed by atoms with van der Waals surface area (Å²) in [5, 5.41) is 2.67. The highest BCUT2D eigenvalue weighted by Crippen LogP contribution is 2.16. The van der Waals surface area contributed by atoms with Crippen molar-refractivity contribution in [2.45, 2.75) is 25.2 Å². The predicted molar refractivity (Wildman–Crippen MR) is 106 cm³/mol. The van der Waals surface area contributed by atoms with Gasteiger partial charge < -0.3 is 10.1 Å². The summed E-state index contributed by atoms with van der Waals surface area (Å²) >= 11 is 0. The Morgan fingerprint density at radius 1 is 1.00 bits per heavy atom. The number of anilines is 1. The van der Waals surface area contributed by atoms with Gasteiger partial charge in [0, 0.05) is 12.2 Å². The van der Waals surface area contributed by atoms with Crippen LogP contribution in [0, 0.1) is 5.92 Å². The van der Waals surface area contributed by atoms with E-state index in [1.54, 1.807) is 30.3 Å². The SMILES string of the molecule is CC(C)CCNC(=O)COC(=O)c1ccc(S(=O)(=O)Nc2ccccc2)cc1. The van der Waals surface area contributed by atoms with Gasteiger partial charge in [0.2, 0.25) is 0 Å². The summed E-state index contributed by atoms with van der Waals surface area (Å²) < 4.78 is 32.1. The molecule has 0 aliphatic heterocycles. The van der Waals surface area contributed by atoms with E-state index < -0.39 is 16.0 Å². The lowest BCUT2D eigenvalue weighted by Gasteiger charge is -2.09. The van der Waals surface area contributed by atoms with Gasteiger partial charge in [0.1, 0.15) is 0 Å². The molecular weight excluding hydrogens is 380 g/mol. The lowest BCUT2D eigenvalue weighted by Crippen LogP contribution is -2.30. The van der Waals surface area contributed by atoms with Crippen LogP contribution in [-0.2, 0) is 19.6 Å². The Morgan fingerprint density at radius 3 is 2.25 bits per heavy atom. The van der Waals surface area contributed by atoms with Crippen LogP contribution in [-0.4, -0.2) is 33.4 Å². The number of amides is 1. The third-order valence-corrected chi connectivity index (χ3v) is 5.20. The van der Waals surface area contributed by atoms with Gasteiger partial charge >= 0.3 is 5.97 Å². The van der Waals surface area contributed by atoms with E-state index in [0.29, 0.717) is 18.2 Å². The number of benzene rings is 2. The Kier molecular flexibility index (Phi) is 7.57. The number of hydrogen-bond acceptors (Lipinski definition) is 5. The van der Waals surface area contributed by atoms with Crippen molar-refractivity contribution in [1.29, 1.82) is 0 Å². The molecule has 0 saturated carbocycles. The molecule has 150 valence electrons. The van der Waals surface area contributed by atoms with Crippen LogP contribution in [0.15, 0.2) is 59.5 Å². The lowest BCUT2D eigenvalue weighted by molar-refractivity contribution is -0.124. The summed E-state index contributed by atoms with van der Waals surface area (Å²) in [6.07, 6.45) is 0.840. The van der Waals surface area contributed by atoms with Crippen molar-refractivity contribution in [3.05, 3.63) is 60.2 Å². The van der Waals surface area contributed by atoms with Crippen LogP contribution >= 0.6 is 0 Å². The molecule has 8 heteroatoms. The molecule has 0 heterocycles. The van der Waals surface area contributed by atoms with Crippen molar-refractivity contribution in [1.82, 2.24) is 5.32 Å². The van der Waals surface area contributed by atoms with E-state index in [1.807, 2.05) is 13.8 Å². The molecule has 2 rings (SSSR count). The number of carbonyl (C=O) groups is 2. The van der Waals surface area contributed by atoms with E-state index in [1.165, 1.54) is 24.3 Å². The Hall–Kier alpha value is -2.87. The fraction of sp³-hybridized carbons (Fsp3) is 0.300. The fourth-order valence-electron chi connectivity index (χ4n) is 2.26. The maximum absolute atomic E-state index is 12.4. The van der Waals surface area contributed by atoms with Crippen LogP contribution in [0.2, 0.25) is 0 Å². The minimum Gasteiger partial charge on any atom is -0.452 e. The molecule has 0 aliphatic rings. The van der Waals surface area contributed by atoms with E-state index in [9.17, 15) is 18.0 Å². The van der Waals surface area contributed by atoms with Crippen molar-refractivity contribution in [2.75, 3.05) is 17.9 Å². The Balaban J connectivity index is 1.90. The standard InChI is InChI=1S/C20H24N2O5S/c1-15(2)12-13-21-19(23)14-27-20(24)16-8-10-18(11-9-16)28(25,26)22-17-6-4-3-5-7-17/h3-11,15,22H,12-14H2,1-2H3,(H,21,23). The lowest BCUT2D eigenvalue weighted by atomic mass is 10.1. The summed E-state index contributed by atoms with van der Waals surface area (Å²) in [5.74, 6) is -0.603. The molecular formula is C20H24N2O5S. The Labute approximate surface area is 165 Å². The highest BCUT2D eigenvalue weighted by atomic mass is 32.2. The van der Waals surface area contributed by atoms with Gasteiger partial charge in [0.15, 0.2) is 6.61 Å². The first-order valence-corrected chi connectivity index (χ1v) is 10.4. The molecule has 0 aromatic heterocycles. The molecule has 2 N–H and O–H groups in total. The minimum atomic E-state index is -3.77. The molecule has 0 spiro atoms. The van der Waals surface area contributed by atoms with Gasteiger partial charge in [0.25, 0.3) is 15.9 Å². The van der Waals surface area contributed by atoms with Crippen molar-refractivity contribution in [3.63, 3.8) is 0 Å². The van der Waals surface area contributed by atoms with E-state index in [-0.39, 0.29) is 23.0 Å². The molecule has 2 aromatic rings. The number of nitrogens with one attached hydrogen (secondary N) is 2. The fourth-order valence-corrected chi connectivity index (χ4v) is 3.31. The molecule has 1 amide bonds. The van der Waals surface area contributed by atoms with Crippen LogP contribution in [0.3, 0.4) is 0 Å². The normalized spacial score (nSPS) is 11.1. The molecule has 7 nitrogen and oxygen atoms in total. The highest BCUT2D eigenvalue weighted by molar-refractivity contribution is 7.92. The largest absolute Gasteiger partial charge is 0.452 e. The van der Waals surface area contributed by atoms with E-state index in [0.717, 1.165) is 6.42 Å². The van der Waals surface area contributed by atoms with Gasteiger partial charge in [-0.15, -0.1) is 0 Å². The highest BCUT2D eigenvalue weighted by Gasteiger charge is 2.16. The Morgan fingerprint density at radius 2 is 1.64 bits per heavy atom. The van der Waals surface area contributed by atoms with Gasteiger partial charge in [-0.25, -0.2) is 13.2 Å². The third kappa shape index (κ3) is 6.70. The van der Waals surface area contributed by atoms with Crippen LogP contribution < -0.4 is 10.0 Å². The van der Waals surface area contributed by atoms with Gasteiger partial charge in [-0.3, -0.25) is 9.52 Å². The Bertz CT molecular complexity index is 894. The van der Waals surface area contributed by atoms with Crippen molar-refractivity contribution in [2.24, 2.45) is 5.92 Å². The van der Waals surface area contributed by atoms with Crippen LogP contribution in [0.25, 0.3) is 0 Å². The first kappa shape index (κ1) is 21.4. The smallest absolute Gasteiger partial charge is 0.338 e. The van der Waals surface area contributed by atoms with Crippen LogP contribution in [0.4, 0.5) is 5.69 Å². The summed E-state index contributed by atoms with van der Waals surface area (Å²) in [4.78, 5) is 23.7. The van der Waals surface area contributed by atoms with Gasteiger partial charge in [-0.05, 0) is 48.7 Å². The topological polar surface area (TPSA) is 102 Å². The van der Waals surface area contributed by atoms with E-state index in [2.05, 4.69) is 10.0 Å². The number of ether oxygens (including phenoxy) is 1. The summed E-state index contributed by atoms with van der Waals surface area (Å²) in [7, 11) is -3.77.